The lowest BCUT2D eigenvalue weighted by molar-refractivity contribution is -0.129. The van der Waals surface area contributed by atoms with E-state index in [1.807, 2.05) is 30.3 Å². The second-order valence-corrected chi connectivity index (χ2v) is 8.00. The Morgan fingerprint density at radius 1 is 0.935 bits per heavy atom. The Balaban J connectivity index is 1.31. The highest BCUT2D eigenvalue weighted by molar-refractivity contribution is 6.21. The quantitative estimate of drug-likeness (QED) is 0.609. The van der Waals surface area contributed by atoms with Crippen molar-refractivity contribution < 1.29 is 19.2 Å². The number of benzene rings is 2. The van der Waals surface area contributed by atoms with Crippen molar-refractivity contribution >= 4 is 23.6 Å². The Hall–Kier alpha value is -3.48. The maximum absolute atomic E-state index is 12.6. The number of carbonyl (C=O) groups excluding carboxylic acids is 4. The van der Waals surface area contributed by atoms with Crippen LogP contribution in [0.1, 0.15) is 52.0 Å². The van der Waals surface area contributed by atoms with E-state index in [0.717, 1.165) is 18.4 Å². The van der Waals surface area contributed by atoms with Crippen LogP contribution in [0.15, 0.2) is 54.6 Å². The van der Waals surface area contributed by atoms with Crippen molar-refractivity contribution in [3.8, 4) is 0 Å². The van der Waals surface area contributed by atoms with Gasteiger partial charge in [0.15, 0.2) is 0 Å². The van der Waals surface area contributed by atoms with Crippen LogP contribution in [0.25, 0.3) is 0 Å². The van der Waals surface area contributed by atoms with Crippen molar-refractivity contribution in [1.82, 2.24) is 15.5 Å². The molecule has 2 aromatic rings. The number of amides is 4. The van der Waals surface area contributed by atoms with E-state index in [9.17, 15) is 19.2 Å². The van der Waals surface area contributed by atoms with Crippen LogP contribution in [0, 0.1) is 0 Å². The van der Waals surface area contributed by atoms with Crippen LogP contribution in [0.2, 0.25) is 0 Å². The standard InChI is InChI=1S/C24H25N3O4/c28-21(11-6-14-27-23(30)18-9-4-5-10-19(18)24(27)31)26-20(22(29)25-17-12-13-17)15-16-7-2-1-3-8-16/h1-5,7-10,17,20H,6,11-15H2,(H,25,29)(H,26,28). The minimum Gasteiger partial charge on any atom is -0.352 e. The van der Waals surface area contributed by atoms with Crippen LogP contribution < -0.4 is 10.6 Å². The second kappa shape index (κ2) is 9.12. The summed E-state index contributed by atoms with van der Waals surface area (Å²) in [6, 6.07) is 15.8. The van der Waals surface area contributed by atoms with Crippen molar-refractivity contribution in [3.63, 3.8) is 0 Å². The van der Waals surface area contributed by atoms with E-state index in [2.05, 4.69) is 10.6 Å². The molecule has 2 aliphatic rings. The smallest absolute Gasteiger partial charge is 0.261 e. The summed E-state index contributed by atoms with van der Waals surface area (Å²) in [5, 5.41) is 5.77. The van der Waals surface area contributed by atoms with E-state index in [4.69, 9.17) is 0 Å². The monoisotopic (exact) mass is 419 g/mol. The Kier molecular flexibility index (Phi) is 6.11. The summed E-state index contributed by atoms with van der Waals surface area (Å²) in [4.78, 5) is 51.1. The number of fused-ring (bicyclic) bond motifs is 1. The van der Waals surface area contributed by atoms with Gasteiger partial charge in [-0.15, -0.1) is 0 Å². The van der Waals surface area contributed by atoms with Gasteiger partial charge in [-0.25, -0.2) is 0 Å². The van der Waals surface area contributed by atoms with E-state index in [1.165, 1.54) is 4.90 Å². The summed E-state index contributed by atoms with van der Waals surface area (Å²) in [7, 11) is 0. The van der Waals surface area contributed by atoms with Crippen molar-refractivity contribution in [2.75, 3.05) is 6.54 Å². The molecule has 4 amide bonds. The van der Waals surface area contributed by atoms with E-state index in [0.29, 0.717) is 24.0 Å². The topological polar surface area (TPSA) is 95.6 Å². The Labute approximate surface area is 180 Å². The lowest BCUT2D eigenvalue weighted by atomic mass is 10.0. The lowest BCUT2D eigenvalue weighted by Crippen LogP contribution is -2.48. The molecule has 2 N–H and O–H groups in total. The second-order valence-electron chi connectivity index (χ2n) is 8.00. The van der Waals surface area contributed by atoms with Gasteiger partial charge in [0.25, 0.3) is 11.8 Å². The number of hydrogen-bond acceptors (Lipinski definition) is 4. The molecule has 31 heavy (non-hydrogen) atoms. The Bertz CT molecular complexity index is 966. The van der Waals surface area contributed by atoms with E-state index >= 15 is 0 Å². The highest BCUT2D eigenvalue weighted by Gasteiger charge is 2.34. The third kappa shape index (κ3) is 4.99. The van der Waals surface area contributed by atoms with Gasteiger partial charge in [0.2, 0.25) is 11.8 Å². The molecule has 1 saturated carbocycles. The van der Waals surface area contributed by atoms with Gasteiger partial charge in [-0.1, -0.05) is 42.5 Å². The molecule has 1 unspecified atom stereocenters. The minimum atomic E-state index is -0.658. The van der Waals surface area contributed by atoms with Gasteiger partial charge in [-0.05, 0) is 37.0 Å². The van der Waals surface area contributed by atoms with Crippen LogP contribution in [0.5, 0.6) is 0 Å². The van der Waals surface area contributed by atoms with E-state index in [1.54, 1.807) is 24.3 Å². The fourth-order valence-corrected chi connectivity index (χ4v) is 3.69. The fourth-order valence-electron chi connectivity index (χ4n) is 3.69. The first-order chi connectivity index (χ1) is 15.0. The summed E-state index contributed by atoms with van der Waals surface area (Å²) < 4.78 is 0. The maximum atomic E-state index is 12.6. The normalized spacial score (nSPS) is 16.1. The van der Waals surface area contributed by atoms with E-state index < -0.39 is 6.04 Å². The average Bonchev–Trinajstić information content (AvgIpc) is 3.56. The first-order valence-electron chi connectivity index (χ1n) is 10.6. The number of rotatable bonds is 9. The van der Waals surface area contributed by atoms with Gasteiger partial charge < -0.3 is 10.6 Å². The molecule has 0 radical (unpaired) electrons. The SMILES string of the molecule is O=C(CCCN1C(=O)c2ccccc2C1=O)NC(Cc1ccccc1)C(=O)NC1CC1. The fraction of sp³-hybridized carbons (Fsp3) is 0.333. The predicted octanol–water partition coefficient (Wildman–Crippen LogP) is 2.07. The summed E-state index contributed by atoms with van der Waals surface area (Å²) in [6.07, 6.45) is 2.80. The molecule has 1 atom stereocenters. The van der Waals surface area contributed by atoms with Gasteiger partial charge in [-0.2, -0.15) is 0 Å². The summed E-state index contributed by atoms with van der Waals surface area (Å²) in [5.41, 5.74) is 1.76. The van der Waals surface area contributed by atoms with Crippen LogP contribution in [-0.4, -0.2) is 47.2 Å². The third-order valence-corrected chi connectivity index (χ3v) is 5.52. The number of nitrogens with zero attached hydrogens (tertiary/aromatic N) is 1. The van der Waals surface area contributed by atoms with Crippen LogP contribution in [0.4, 0.5) is 0 Å². The van der Waals surface area contributed by atoms with E-state index in [-0.39, 0.29) is 42.6 Å². The predicted molar refractivity (Wildman–Crippen MR) is 114 cm³/mol. The molecule has 1 fully saturated rings. The van der Waals surface area contributed by atoms with Crippen LogP contribution in [-0.2, 0) is 16.0 Å². The largest absolute Gasteiger partial charge is 0.352 e. The maximum Gasteiger partial charge on any atom is 0.261 e. The molecule has 7 heteroatoms. The zero-order valence-corrected chi connectivity index (χ0v) is 17.2. The van der Waals surface area contributed by atoms with Gasteiger partial charge in [0.1, 0.15) is 6.04 Å². The third-order valence-electron chi connectivity index (χ3n) is 5.52. The molecule has 4 rings (SSSR count). The summed E-state index contributed by atoms with van der Waals surface area (Å²) in [5.74, 6) is -1.11. The molecular weight excluding hydrogens is 394 g/mol. The molecule has 0 bridgehead atoms. The van der Waals surface area contributed by atoms with Crippen molar-refractivity contribution in [3.05, 3.63) is 71.3 Å². The van der Waals surface area contributed by atoms with Crippen molar-refractivity contribution in [2.24, 2.45) is 0 Å². The Morgan fingerprint density at radius 2 is 1.55 bits per heavy atom. The zero-order valence-electron chi connectivity index (χ0n) is 17.2. The molecule has 1 aliphatic carbocycles. The highest BCUT2D eigenvalue weighted by atomic mass is 16.2. The number of carbonyl (C=O) groups is 4. The number of hydrogen-bond donors (Lipinski definition) is 2. The molecule has 1 heterocycles. The van der Waals surface area contributed by atoms with Crippen LogP contribution in [0.3, 0.4) is 0 Å². The van der Waals surface area contributed by atoms with Gasteiger partial charge in [0.05, 0.1) is 11.1 Å². The average molecular weight is 419 g/mol. The molecule has 1 aliphatic heterocycles. The lowest BCUT2D eigenvalue weighted by Gasteiger charge is -2.19. The first-order valence-corrected chi connectivity index (χ1v) is 10.6. The minimum absolute atomic E-state index is 0.120. The molecule has 0 spiro atoms. The van der Waals surface area contributed by atoms with Crippen LogP contribution >= 0.6 is 0 Å². The van der Waals surface area contributed by atoms with Crippen molar-refractivity contribution in [1.29, 1.82) is 0 Å². The van der Waals surface area contributed by atoms with Gasteiger partial charge >= 0.3 is 0 Å². The first kappa shape index (κ1) is 20.8. The molecule has 7 nitrogen and oxygen atoms in total. The number of nitrogens with one attached hydrogen (secondary N) is 2. The summed E-state index contributed by atoms with van der Waals surface area (Å²) in [6.45, 7) is 0.164. The highest BCUT2D eigenvalue weighted by Crippen LogP contribution is 2.22. The molecule has 0 aromatic heterocycles. The molecule has 160 valence electrons. The Morgan fingerprint density at radius 3 is 2.16 bits per heavy atom. The summed E-state index contributed by atoms with van der Waals surface area (Å²) >= 11 is 0. The number of imide groups is 1. The van der Waals surface area contributed by atoms with Gasteiger partial charge in [0, 0.05) is 25.4 Å². The molecule has 2 aromatic carbocycles. The van der Waals surface area contributed by atoms with Gasteiger partial charge in [-0.3, -0.25) is 24.1 Å². The molecule has 0 saturated heterocycles. The van der Waals surface area contributed by atoms with Crippen molar-refractivity contribution in [2.45, 2.75) is 44.2 Å². The zero-order chi connectivity index (χ0) is 21.8. The molecular formula is C24H25N3O4.